The molecule has 1 aliphatic heterocycles. The molecule has 0 radical (unpaired) electrons. The second kappa shape index (κ2) is 7.23. The van der Waals surface area contributed by atoms with Gasteiger partial charge in [0.15, 0.2) is 6.39 Å². The Morgan fingerprint density at radius 2 is 2.13 bits per heavy atom. The summed E-state index contributed by atoms with van der Waals surface area (Å²) in [5, 5.41) is 6.32. The van der Waals surface area contributed by atoms with Crippen LogP contribution in [0.5, 0.6) is 0 Å². The molecule has 1 fully saturated rings. The third-order valence-electron chi connectivity index (χ3n) is 3.96. The Labute approximate surface area is 134 Å². The van der Waals surface area contributed by atoms with Gasteiger partial charge in [0.1, 0.15) is 5.76 Å². The molecular weight excluding hydrogens is 296 g/mol. The molecular formula is C14H22N8O. The van der Waals surface area contributed by atoms with Crippen molar-refractivity contribution in [2.75, 3.05) is 36.0 Å². The van der Waals surface area contributed by atoms with E-state index in [1.165, 1.54) is 19.2 Å². The zero-order valence-electron chi connectivity index (χ0n) is 13.2. The second-order valence-electron chi connectivity index (χ2n) is 5.47. The van der Waals surface area contributed by atoms with Gasteiger partial charge in [-0.1, -0.05) is 6.92 Å². The van der Waals surface area contributed by atoms with Crippen LogP contribution in [0.1, 0.15) is 25.5 Å². The van der Waals surface area contributed by atoms with Gasteiger partial charge in [-0.2, -0.15) is 15.0 Å². The van der Waals surface area contributed by atoms with Gasteiger partial charge >= 0.3 is 0 Å². The van der Waals surface area contributed by atoms with E-state index in [1.807, 2.05) is 0 Å². The van der Waals surface area contributed by atoms with Crippen LogP contribution >= 0.6 is 0 Å². The molecule has 1 atom stereocenters. The van der Waals surface area contributed by atoms with Gasteiger partial charge in [-0.15, -0.1) is 0 Å². The normalized spacial score (nSPS) is 18.2. The van der Waals surface area contributed by atoms with Crippen molar-refractivity contribution in [1.82, 2.24) is 24.8 Å². The Kier molecular flexibility index (Phi) is 4.86. The number of nitrogen functional groups attached to an aromatic ring is 1. The molecule has 4 N–H and O–H groups in total. The van der Waals surface area contributed by atoms with E-state index >= 15 is 0 Å². The standard InChI is InChI=1S/C14H22N8O/c1-2-22-5-3-4-10(22)6-17-13-19-12(15)20-14(21-13)18-8-11-7-16-9-23-11/h7,9-10H,2-6,8H2,1H3,(H4,15,17,18,19,20,21). The van der Waals surface area contributed by atoms with Crippen LogP contribution in [-0.2, 0) is 6.54 Å². The Morgan fingerprint density at radius 1 is 1.30 bits per heavy atom. The Balaban J connectivity index is 1.58. The van der Waals surface area contributed by atoms with Crippen molar-refractivity contribution in [2.45, 2.75) is 32.4 Å². The molecule has 0 aliphatic carbocycles. The highest BCUT2D eigenvalue weighted by molar-refractivity contribution is 5.40. The van der Waals surface area contributed by atoms with Crippen LogP contribution in [0.4, 0.5) is 17.8 Å². The molecule has 1 aliphatic rings. The lowest BCUT2D eigenvalue weighted by Crippen LogP contribution is -2.35. The van der Waals surface area contributed by atoms with E-state index in [1.54, 1.807) is 6.20 Å². The molecule has 0 amide bonds. The van der Waals surface area contributed by atoms with Crippen molar-refractivity contribution in [3.8, 4) is 0 Å². The van der Waals surface area contributed by atoms with Crippen molar-refractivity contribution in [1.29, 1.82) is 0 Å². The average Bonchev–Trinajstić information content (AvgIpc) is 3.21. The van der Waals surface area contributed by atoms with Crippen molar-refractivity contribution < 1.29 is 4.42 Å². The van der Waals surface area contributed by atoms with Crippen LogP contribution in [0.3, 0.4) is 0 Å². The maximum atomic E-state index is 5.76. The number of hydrogen-bond acceptors (Lipinski definition) is 9. The van der Waals surface area contributed by atoms with E-state index < -0.39 is 0 Å². The van der Waals surface area contributed by atoms with E-state index in [2.05, 4.69) is 42.4 Å². The molecule has 1 unspecified atom stereocenters. The fourth-order valence-electron chi connectivity index (χ4n) is 2.80. The predicted molar refractivity (Wildman–Crippen MR) is 86.8 cm³/mol. The molecule has 124 valence electrons. The maximum absolute atomic E-state index is 5.76. The number of likely N-dealkylation sites (tertiary alicyclic amines) is 1. The molecule has 9 nitrogen and oxygen atoms in total. The summed E-state index contributed by atoms with van der Waals surface area (Å²) in [6.45, 7) is 5.65. The van der Waals surface area contributed by atoms with Crippen molar-refractivity contribution >= 4 is 17.8 Å². The van der Waals surface area contributed by atoms with Gasteiger partial charge < -0.3 is 20.8 Å². The summed E-state index contributed by atoms with van der Waals surface area (Å²) in [7, 11) is 0. The lowest BCUT2D eigenvalue weighted by atomic mass is 10.2. The van der Waals surface area contributed by atoms with Gasteiger partial charge in [-0.05, 0) is 25.9 Å². The number of nitrogens with zero attached hydrogens (tertiary/aromatic N) is 5. The summed E-state index contributed by atoms with van der Waals surface area (Å²) in [5.41, 5.74) is 5.76. The summed E-state index contributed by atoms with van der Waals surface area (Å²) in [6, 6.07) is 0.517. The summed E-state index contributed by atoms with van der Waals surface area (Å²) in [4.78, 5) is 18.9. The Bertz CT molecular complexity index is 617. The highest BCUT2D eigenvalue weighted by Gasteiger charge is 2.22. The van der Waals surface area contributed by atoms with Gasteiger partial charge in [0.2, 0.25) is 17.8 Å². The topological polar surface area (TPSA) is 118 Å². The SMILES string of the molecule is CCN1CCCC1CNc1nc(N)nc(NCc2cnco2)n1. The summed E-state index contributed by atoms with van der Waals surface area (Å²) in [5.74, 6) is 1.78. The lowest BCUT2D eigenvalue weighted by molar-refractivity contribution is 0.277. The number of aromatic nitrogens is 4. The largest absolute Gasteiger partial charge is 0.447 e. The summed E-state index contributed by atoms with van der Waals surface area (Å²) >= 11 is 0. The van der Waals surface area contributed by atoms with E-state index in [0.717, 1.165) is 19.6 Å². The zero-order chi connectivity index (χ0) is 16.1. The first-order valence-electron chi connectivity index (χ1n) is 7.85. The number of anilines is 3. The molecule has 0 aromatic carbocycles. The lowest BCUT2D eigenvalue weighted by Gasteiger charge is -2.22. The highest BCUT2D eigenvalue weighted by atomic mass is 16.3. The summed E-state index contributed by atoms with van der Waals surface area (Å²) < 4.78 is 5.16. The van der Waals surface area contributed by atoms with Gasteiger partial charge in [-0.3, -0.25) is 4.90 Å². The minimum absolute atomic E-state index is 0.182. The van der Waals surface area contributed by atoms with Crippen molar-refractivity contribution in [2.24, 2.45) is 0 Å². The van der Waals surface area contributed by atoms with Gasteiger partial charge in [0.25, 0.3) is 0 Å². The number of rotatable bonds is 7. The molecule has 2 aromatic rings. The molecule has 0 spiro atoms. The van der Waals surface area contributed by atoms with Crippen LogP contribution in [0.15, 0.2) is 17.0 Å². The molecule has 3 heterocycles. The van der Waals surface area contributed by atoms with E-state index in [-0.39, 0.29) is 5.95 Å². The smallest absolute Gasteiger partial charge is 0.229 e. The monoisotopic (exact) mass is 318 g/mol. The summed E-state index contributed by atoms with van der Waals surface area (Å²) in [6.07, 6.45) is 5.45. The van der Waals surface area contributed by atoms with Crippen LogP contribution in [-0.4, -0.2) is 50.5 Å². The van der Waals surface area contributed by atoms with E-state index in [4.69, 9.17) is 10.2 Å². The molecule has 1 saturated heterocycles. The molecule has 23 heavy (non-hydrogen) atoms. The Hall–Kier alpha value is -2.42. The first kappa shape index (κ1) is 15.5. The number of nitrogens with one attached hydrogen (secondary N) is 2. The fourth-order valence-corrected chi connectivity index (χ4v) is 2.80. The number of likely N-dealkylation sites (N-methyl/N-ethyl adjacent to an activating group) is 1. The number of nitrogens with two attached hydrogens (primary N) is 1. The van der Waals surface area contributed by atoms with E-state index in [9.17, 15) is 0 Å². The molecule has 3 rings (SSSR count). The Morgan fingerprint density at radius 3 is 2.87 bits per heavy atom. The van der Waals surface area contributed by atoms with Crippen LogP contribution in [0.2, 0.25) is 0 Å². The van der Waals surface area contributed by atoms with E-state index in [0.29, 0.717) is 30.2 Å². The molecule has 2 aromatic heterocycles. The predicted octanol–water partition coefficient (Wildman–Crippen LogP) is 0.950. The maximum Gasteiger partial charge on any atom is 0.229 e. The number of oxazole rings is 1. The van der Waals surface area contributed by atoms with Gasteiger partial charge in [0.05, 0.1) is 12.7 Å². The van der Waals surface area contributed by atoms with Crippen molar-refractivity contribution in [3.63, 3.8) is 0 Å². The third-order valence-corrected chi connectivity index (χ3v) is 3.96. The van der Waals surface area contributed by atoms with Crippen molar-refractivity contribution in [3.05, 3.63) is 18.4 Å². The first-order valence-corrected chi connectivity index (χ1v) is 7.85. The minimum Gasteiger partial charge on any atom is -0.447 e. The average molecular weight is 318 g/mol. The van der Waals surface area contributed by atoms with Crippen LogP contribution in [0, 0.1) is 0 Å². The molecule has 0 saturated carbocycles. The number of hydrogen-bond donors (Lipinski definition) is 3. The fraction of sp³-hybridized carbons (Fsp3) is 0.571. The van der Waals surface area contributed by atoms with Crippen LogP contribution < -0.4 is 16.4 Å². The first-order chi connectivity index (χ1) is 11.2. The van der Waals surface area contributed by atoms with Crippen LogP contribution in [0.25, 0.3) is 0 Å². The highest BCUT2D eigenvalue weighted by Crippen LogP contribution is 2.17. The zero-order valence-corrected chi connectivity index (χ0v) is 13.2. The van der Waals surface area contributed by atoms with Gasteiger partial charge in [-0.25, -0.2) is 4.98 Å². The third kappa shape index (κ3) is 4.07. The molecule has 0 bridgehead atoms. The minimum atomic E-state index is 0.182. The molecule has 9 heteroatoms. The quantitative estimate of drug-likeness (QED) is 0.685. The second-order valence-corrected chi connectivity index (χ2v) is 5.47. The van der Waals surface area contributed by atoms with Gasteiger partial charge in [0, 0.05) is 12.6 Å².